The third-order valence-electron chi connectivity index (χ3n) is 6.07. The number of hydrogen-bond acceptors (Lipinski definition) is 7. The van der Waals surface area contributed by atoms with Crippen molar-refractivity contribution >= 4 is 32.1 Å². The first-order chi connectivity index (χ1) is 14.9. The fourth-order valence-corrected chi connectivity index (χ4v) is 6.13. The van der Waals surface area contributed by atoms with Gasteiger partial charge in [-0.1, -0.05) is 53.8 Å². The third-order valence-corrected chi connectivity index (χ3v) is 8.21. The van der Waals surface area contributed by atoms with E-state index in [9.17, 15) is 13.2 Å². The summed E-state index contributed by atoms with van der Waals surface area (Å²) >= 11 is 1.39. The molecule has 2 unspecified atom stereocenters. The van der Waals surface area contributed by atoms with Gasteiger partial charge in [0.05, 0.1) is 16.0 Å². The van der Waals surface area contributed by atoms with Gasteiger partial charge in [-0.3, -0.25) is 9.69 Å². The lowest BCUT2D eigenvalue weighted by molar-refractivity contribution is 0.104. The minimum Gasteiger partial charge on any atom is -0.342 e. The summed E-state index contributed by atoms with van der Waals surface area (Å²) in [6, 6.07) is 17.6. The standard InChI is InChI=1S/C23H23N3O3S2/c1-31(28,29)20-9-5-8-17(10-20)22(27)21-12-24-23(30-21)26-15-18-11-19(26)14-25(18)13-16-6-3-2-4-7-16/h2-10,12,18-19H,11,13-15H2,1H3. The van der Waals surface area contributed by atoms with E-state index in [2.05, 4.69) is 39.0 Å². The number of benzene rings is 2. The van der Waals surface area contributed by atoms with E-state index < -0.39 is 9.84 Å². The van der Waals surface area contributed by atoms with Crippen molar-refractivity contribution in [2.24, 2.45) is 0 Å². The first-order valence-corrected chi connectivity index (χ1v) is 12.9. The van der Waals surface area contributed by atoms with Crippen LogP contribution in [0.1, 0.15) is 27.2 Å². The molecule has 2 aliphatic rings. The summed E-state index contributed by atoms with van der Waals surface area (Å²) in [6.45, 7) is 2.88. The molecule has 8 heteroatoms. The highest BCUT2D eigenvalue weighted by atomic mass is 32.2. The van der Waals surface area contributed by atoms with Crippen molar-refractivity contribution in [2.45, 2.75) is 29.9 Å². The second kappa shape index (κ2) is 7.85. The van der Waals surface area contributed by atoms with Gasteiger partial charge in [0.2, 0.25) is 5.78 Å². The van der Waals surface area contributed by atoms with Crippen LogP contribution in [0.5, 0.6) is 0 Å². The summed E-state index contributed by atoms with van der Waals surface area (Å²) in [5.74, 6) is -0.190. The molecule has 0 spiro atoms. The van der Waals surface area contributed by atoms with E-state index in [1.54, 1.807) is 18.3 Å². The van der Waals surface area contributed by atoms with Crippen LogP contribution in [-0.4, -0.2) is 55.5 Å². The van der Waals surface area contributed by atoms with Crippen LogP contribution in [0.4, 0.5) is 5.13 Å². The van der Waals surface area contributed by atoms with Gasteiger partial charge in [-0.15, -0.1) is 0 Å². The van der Waals surface area contributed by atoms with Crippen molar-refractivity contribution in [3.63, 3.8) is 0 Å². The fourth-order valence-electron chi connectivity index (χ4n) is 4.51. The molecule has 5 rings (SSSR count). The zero-order valence-electron chi connectivity index (χ0n) is 17.1. The van der Waals surface area contributed by atoms with Crippen LogP contribution in [0, 0.1) is 0 Å². The number of sulfone groups is 1. The summed E-state index contributed by atoms with van der Waals surface area (Å²) in [5, 5.41) is 0.870. The second-order valence-electron chi connectivity index (χ2n) is 8.25. The predicted molar refractivity (Wildman–Crippen MR) is 121 cm³/mol. The van der Waals surface area contributed by atoms with Gasteiger partial charge in [0.1, 0.15) is 0 Å². The third kappa shape index (κ3) is 4.03. The van der Waals surface area contributed by atoms with E-state index >= 15 is 0 Å². The van der Waals surface area contributed by atoms with Crippen molar-refractivity contribution in [3.8, 4) is 0 Å². The van der Waals surface area contributed by atoms with Crippen LogP contribution < -0.4 is 4.90 Å². The molecule has 2 fully saturated rings. The Kier molecular flexibility index (Phi) is 5.16. The van der Waals surface area contributed by atoms with Gasteiger partial charge in [0, 0.05) is 43.5 Å². The Bertz CT molecular complexity index is 1220. The summed E-state index contributed by atoms with van der Waals surface area (Å²) in [6.07, 6.45) is 3.88. The van der Waals surface area contributed by atoms with Crippen LogP contribution in [0.2, 0.25) is 0 Å². The molecule has 0 radical (unpaired) electrons. The summed E-state index contributed by atoms with van der Waals surface area (Å²) < 4.78 is 23.6. The molecule has 3 aromatic rings. The Morgan fingerprint density at radius 2 is 1.90 bits per heavy atom. The van der Waals surface area contributed by atoms with Gasteiger partial charge in [0.25, 0.3) is 0 Å². The number of carbonyl (C=O) groups is 1. The van der Waals surface area contributed by atoms with Crippen LogP contribution in [0.3, 0.4) is 0 Å². The van der Waals surface area contributed by atoms with Crippen molar-refractivity contribution < 1.29 is 13.2 Å². The van der Waals surface area contributed by atoms with Crippen LogP contribution >= 0.6 is 11.3 Å². The van der Waals surface area contributed by atoms with Gasteiger partial charge in [-0.2, -0.15) is 0 Å². The molecule has 2 bridgehead atoms. The Morgan fingerprint density at radius 1 is 1.10 bits per heavy atom. The number of piperazine rings is 1. The molecule has 0 saturated carbocycles. The molecular weight excluding hydrogens is 430 g/mol. The lowest BCUT2D eigenvalue weighted by atomic mass is 10.1. The maximum Gasteiger partial charge on any atom is 0.204 e. The Hall–Kier alpha value is -2.55. The molecule has 3 heterocycles. The van der Waals surface area contributed by atoms with Crippen LogP contribution in [0.15, 0.2) is 65.7 Å². The van der Waals surface area contributed by atoms with E-state index in [0.29, 0.717) is 22.5 Å². The van der Waals surface area contributed by atoms with Gasteiger partial charge in [0.15, 0.2) is 15.0 Å². The molecule has 0 aliphatic carbocycles. The number of rotatable bonds is 6. The van der Waals surface area contributed by atoms with Crippen molar-refractivity contribution in [2.75, 3.05) is 24.2 Å². The number of ketones is 1. The molecule has 1 aromatic heterocycles. The van der Waals surface area contributed by atoms with Crippen LogP contribution in [-0.2, 0) is 16.4 Å². The highest BCUT2D eigenvalue weighted by Gasteiger charge is 2.44. The largest absolute Gasteiger partial charge is 0.342 e. The summed E-state index contributed by atoms with van der Waals surface area (Å²) in [7, 11) is -3.36. The van der Waals surface area contributed by atoms with Gasteiger partial charge in [-0.05, 0) is 24.1 Å². The van der Waals surface area contributed by atoms with E-state index in [1.807, 2.05) is 6.07 Å². The summed E-state index contributed by atoms with van der Waals surface area (Å²) in [5.41, 5.74) is 1.70. The molecule has 160 valence electrons. The molecule has 31 heavy (non-hydrogen) atoms. The Balaban J connectivity index is 1.29. The van der Waals surface area contributed by atoms with Crippen molar-refractivity contribution in [1.29, 1.82) is 0 Å². The van der Waals surface area contributed by atoms with Gasteiger partial charge in [-0.25, -0.2) is 13.4 Å². The maximum absolute atomic E-state index is 12.9. The first-order valence-electron chi connectivity index (χ1n) is 10.2. The molecule has 0 N–H and O–H groups in total. The molecule has 0 amide bonds. The predicted octanol–water partition coefficient (Wildman–Crippen LogP) is 3.24. The Labute approximate surface area is 186 Å². The SMILES string of the molecule is CS(=O)(=O)c1cccc(C(=O)c2cnc(N3CC4CC3CN4Cc3ccccc3)s2)c1. The number of hydrogen-bond donors (Lipinski definition) is 0. The highest BCUT2D eigenvalue weighted by molar-refractivity contribution is 7.90. The van der Waals surface area contributed by atoms with E-state index in [1.165, 1.54) is 29.0 Å². The van der Waals surface area contributed by atoms with E-state index in [-0.39, 0.29) is 10.7 Å². The lowest BCUT2D eigenvalue weighted by Crippen LogP contribution is -2.45. The average Bonchev–Trinajstić information content (AvgIpc) is 3.49. The van der Waals surface area contributed by atoms with Gasteiger partial charge < -0.3 is 4.90 Å². The molecule has 2 atom stereocenters. The first kappa shape index (κ1) is 20.4. The molecule has 6 nitrogen and oxygen atoms in total. The van der Waals surface area contributed by atoms with E-state index in [4.69, 9.17) is 0 Å². The number of anilines is 1. The number of carbonyl (C=O) groups excluding carboxylic acids is 1. The minimum atomic E-state index is -3.36. The molecule has 2 aromatic carbocycles. The molecule has 2 aliphatic heterocycles. The van der Waals surface area contributed by atoms with Crippen molar-refractivity contribution in [1.82, 2.24) is 9.88 Å². The maximum atomic E-state index is 12.9. The topological polar surface area (TPSA) is 70.6 Å². The zero-order valence-corrected chi connectivity index (χ0v) is 18.8. The lowest BCUT2D eigenvalue weighted by Gasteiger charge is -2.34. The average molecular weight is 454 g/mol. The van der Waals surface area contributed by atoms with Crippen LogP contribution in [0.25, 0.3) is 0 Å². The number of fused-ring (bicyclic) bond motifs is 2. The number of aromatic nitrogens is 1. The Morgan fingerprint density at radius 3 is 2.61 bits per heavy atom. The molecular formula is C23H23N3O3S2. The quantitative estimate of drug-likeness (QED) is 0.534. The minimum absolute atomic E-state index is 0.151. The summed E-state index contributed by atoms with van der Waals surface area (Å²) in [4.78, 5) is 23.0. The zero-order chi connectivity index (χ0) is 21.6. The normalized spacial score (nSPS) is 21.0. The number of likely N-dealkylation sites (tertiary alicyclic amines) is 1. The number of nitrogens with zero attached hydrogens (tertiary/aromatic N) is 3. The molecule has 2 saturated heterocycles. The van der Waals surface area contributed by atoms with Gasteiger partial charge >= 0.3 is 0 Å². The monoisotopic (exact) mass is 453 g/mol. The van der Waals surface area contributed by atoms with Crippen molar-refractivity contribution in [3.05, 3.63) is 76.8 Å². The smallest absolute Gasteiger partial charge is 0.204 e. The second-order valence-corrected chi connectivity index (χ2v) is 11.3. The fraction of sp³-hybridized carbons (Fsp3) is 0.304. The van der Waals surface area contributed by atoms with E-state index in [0.717, 1.165) is 37.4 Å². The number of thiazole rings is 1. The highest BCUT2D eigenvalue weighted by Crippen LogP contribution is 2.37.